The summed E-state index contributed by atoms with van der Waals surface area (Å²) in [6.45, 7) is 1.96. The number of hydrogen-bond donors (Lipinski definition) is 2. The zero-order valence-corrected chi connectivity index (χ0v) is 17.2. The van der Waals surface area contributed by atoms with Gasteiger partial charge in [0.2, 0.25) is 0 Å². The normalized spacial score (nSPS) is 16.0. The van der Waals surface area contributed by atoms with E-state index in [9.17, 15) is 15.0 Å². The Hall–Kier alpha value is -2.79. The fraction of sp³-hybridized carbons (Fsp3) is 0.375. The first-order valence-corrected chi connectivity index (χ1v) is 9.90. The SMILES string of the molecule is COc1cc(OC)c(C2(O)CCCCC2)c(O)c1C(=O)C=Cc1ccccc1C. The van der Waals surface area contributed by atoms with Gasteiger partial charge in [-0.15, -0.1) is 0 Å². The molecule has 5 heteroatoms. The third-order valence-corrected chi connectivity index (χ3v) is 5.66. The molecule has 1 aliphatic carbocycles. The Balaban J connectivity index is 2.09. The first-order chi connectivity index (χ1) is 13.9. The van der Waals surface area contributed by atoms with E-state index < -0.39 is 11.4 Å². The molecular formula is C24H28O5. The van der Waals surface area contributed by atoms with Gasteiger partial charge < -0.3 is 19.7 Å². The number of hydrogen-bond acceptors (Lipinski definition) is 5. The third-order valence-electron chi connectivity index (χ3n) is 5.66. The van der Waals surface area contributed by atoms with E-state index >= 15 is 0 Å². The number of allylic oxidation sites excluding steroid dienone is 1. The molecule has 3 rings (SSSR count). The van der Waals surface area contributed by atoms with E-state index in [1.165, 1.54) is 20.3 Å². The Morgan fingerprint density at radius 2 is 1.72 bits per heavy atom. The molecule has 0 spiro atoms. The van der Waals surface area contributed by atoms with E-state index in [4.69, 9.17) is 9.47 Å². The lowest BCUT2D eigenvalue weighted by atomic mass is 9.78. The molecule has 0 aliphatic heterocycles. The number of aliphatic hydroxyl groups is 1. The Bertz CT molecular complexity index is 923. The maximum atomic E-state index is 13.0. The number of ether oxygens (including phenoxy) is 2. The Labute approximate surface area is 171 Å². The molecule has 0 amide bonds. The van der Waals surface area contributed by atoms with Gasteiger partial charge in [-0.1, -0.05) is 49.6 Å². The van der Waals surface area contributed by atoms with Gasteiger partial charge in [0.1, 0.15) is 22.8 Å². The molecule has 2 aromatic carbocycles. The Morgan fingerprint density at radius 3 is 2.34 bits per heavy atom. The van der Waals surface area contributed by atoms with Crippen molar-refractivity contribution >= 4 is 11.9 Å². The number of aromatic hydroxyl groups is 1. The van der Waals surface area contributed by atoms with E-state index in [0.717, 1.165) is 30.4 Å². The second kappa shape index (κ2) is 8.70. The molecule has 1 fully saturated rings. The third kappa shape index (κ3) is 4.15. The summed E-state index contributed by atoms with van der Waals surface area (Å²) in [5, 5.41) is 22.3. The zero-order valence-electron chi connectivity index (χ0n) is 17.2. The molecule has 29 heavy (non-hydrogen) atoms. The summed E-state index contributed by atoms with van der Waals surface area (Å²) in [5.74, 6) is -0.138. The number of carbonyl (C=O) groups excluding carboxylic acids is 1. The molecular weight excluding hydrogens is 368 g/mol. The molecule has 0 aromatic heterocycles. The Morgan fingerprint density at radius 1 is 1.07 bits per heavy atom. The lowest BCUT2D eigenvalue weighted by molar-refractivity contribution is -0.00462. The number of methoxy groups -OCH3 is 2. The Kier molecular flexibility index (Phi) is 6.28. The minimum atomic E-state index is -1.23. The van der Waals surface area contributed by atoms with Crippen LogP contribution in [0.4, 0.5) is 0 Å². The van der Waals surface area contributed by atoms with Gasteiger partial charge in [-0.3, -0.25) is 4.79 Å². The van der Waals surface area contributed by atoms with Crippen LogP contribution < -0.4 is 9.47 Å². The van der Waals surface area contributed by atoms with Crippen LogP contribution in [0.15, 0.2) is 36.4 Å². The average Bonchev–Trinajstić information content (AvgIpc) is 2.72. The maximum Gasteiger partial charge on any atom is 0.193 e. The average molecular weight is 396 g/mol. The molecule has 2 N–H and O–H groups in total. The summed E-state index contributed by atoms with van der Waals surface area (Å²) >= 11 is 0. The van der Waals surface area contributed by atoms with Gasteiger partial charge in [-0.05, 0) is 37.0 Å². The van der Waals surface area contributed by atoms with Crippen LogP contribution in [0.2, 0.25) is 0 Å². The van der Waals surface area contributed by atoms with Crippen molar-refractivity contribution in [1.29, 1.82) is 0 Å². The van der Waals surface area contributed by atoms with E-state index in [1.54, 1.807) is 12.1 Å². The summed E-state index contributed by atoms with van der Waals surface area (Å²) in [4.78, 5) is 13.0. The van der Waals surface area contributed by atoms with E-state index in [1.807, 2.05) is 31.2 Å². The van der Waals surface area contributed by atoms with Gasteiger partial charge in [-0.25, -0.2) is 0 Å². The van der Waals surface area contributed by atoms with Gasteiger partial charge in [0.25, 0.3) is 0 Å². The highest BCUT2D eigenvalue weighted by molar-refractivity contribution is 6.11. The van der Waals surface area contributed by atoms with Crippen LogP contribution in [0.1, 0.15) is 59.2 Å². The van der Waals surface area contributed by atoms with E-state index in [2.05, 4.69) is 0 Å². The van der Waals surface area contributed by atoms with E-state index in [0.29, 0.717) is 18.6 Å². The minimum Gasteiger partial charge on any atom is -0.506 e. The first kappa shape index (κ1) is 20.9. The van der Waals surface area contributed by atoms with Crippen molar-refractivity contribution in [2.45, 2.75) is 44.6 Å². The molecule has 1 saturated carbocycles. The van der Waals surface area contributed by atoms with Crippen molar-refractivity contribution in [2.24, 2.45) is 0 Å². The predicted molar refractivity (Wildman–Crippen MR) is 113 cm³/mol. The molecule has 2 aromatic rings. The first-order valence-electron chi connectivity index (χ1n) is 9.90. The minimum absolute atomic E-state index is 0.0344. The van der Waals surface area contributed by atoms with Crippen molar-refractivity contribution < 1.29 is 24.5 Å². The topological polar surface area (TPSA) is 76.0 Å². The number of phenols is 1. The van der Waals surface area contributed by atoms with Crippen LogP contribution in [-0.4, -0.2) is 30.2 Å². The monoisotopic (exact) mass is 396 g/mol. The van der Waals surface area contributed by atoms with Crippen molar-refractivity contribution in [3.63, 3.8) is 0 Å². The lowest BCUT2D eigenvalue weighted by Crippen LogP contribution is -2.29. The lowest BCUT2D eigenvalue weighted by Gasteiger charge is -2.34. The van der Waals surface area contributed by atoms with Crippen molar-refractivity contribution in [3.05, 3.63) is 58.7 Å². The summed E-state index contributed by atoms with van der Waals surface area (Å²) in [6.07, 6.45) is 6.89. The van der Waals surface area contributed by atoms with Crippen molar-refractivity contribution in [1.82, 2.24) is 0 Å². The van der Waals surface area contributed by atoms with Gasteiger partial charge in [0.05, 0.1) is 25.4 Å². The molecule has 154 valence electrons. The van der Waals surface area contributed by atoms with Gasteiger partial charge >= 0.3 is 0 Å². The van der Waals surface area contributed by atoms with E-state index in [-0.39, 0.29) is 22.6 Å². The molecule has 1 aliphatic rings. The fourth-order valence-corrected chi connectivity index (χ4v) is 4.04. The van der Waals surface area contributed by atoms with Crippen LogP contribution in [0, 0.1) is 6.92 Å². The second-order valence-corrected chi connectivity index (χ2v) is 7.53. The highest BCUT2D eigenvalue weighted by atomic mass is 16.5. The molecule has 0 radical (unpaired) electrons. The maximum absolute atomic E-state index is 13.0. The van der Waals surface area contributed by atoms with Crippen molar-refractivity contribution in [2.75, 3.05) is 14.2 Å². The van der Waals surface area contributed by atoms with Crippen LogP contribution in [0.5, 0.6) is 17.2 Å². The number of carbonyl (C=O) groups is 1. The highest BCUT2D eigenvalue weighted by Gasteiger charge is 2.39. The standard InChI is InChI=1S/C24H28O5/c1-16-9-5-6-10-17(16)11-12-18(25)21-19(28-2)15-20(29-3)22(23(21)26)24(27)13-7-4-8-14-24/h5-6,9-12,15,26-27H,4,7-8,13-14H2,1-3H3. The number of aryl methyl sites for hydroxylation is 1. The fourth-order valence-electron chi connectivity index (χ4n) is 4.04. The largest absolute Gasteiger partial charge is 0.506 e. The number of rotatable bonds is 6. The molecule has 0 atom stereocenters. The number of ketones is 1. The highest BCUT2D eigenvalue weighted by Crippen LogP contribution is 2.49. The number of phenolic OH excluding ortho intramolecular Hbond substituents is 1. The van der Waals surface area contributed by atoms with Gasteiger partial charge in [0, 0.05) is 6.07 Å². The predicted octanol–water partition coefficient (Wildman–Crippen LogP) is 4.77. The molecule has 0 unspecified atom stereocenters. The molecule has 0 saturated heterocycles. The quantitative estimate of drug-likeness (QED) is 0.544. The van der Waals surface area contributed by atoms with Crippen molar-refractivity contribution in [3.8, 4) is 17.2 Å². The van der Waals surface area contributed by atoms with Crippen LogP contribution in [0.25, 0.3) is 6.08 Å². The summed E-state index contributed by atoms with van der Waals surface area (Å²) in [5.41, 5.74) is 1.04. The number of benzene rings is 2. The summed E-state index contributed by atoms with van der Waals surface area (Å²) in [7, 11) is 2.91. The smallest absolute Gasteiger partial charge is 0.193 e. The van der Waals surface area contributed by atoms with Gasteiger partial charge in [-0.2, -0.15) is 0 Å². The molecule has 0 bridgehead atoms. The van der Waals surface area contributed by atoms with Crippen LogP contribution in [-0.2, 0) is 5.60 Å². The molecule has 5 nitrogen and oxygen atoms in total. The second-order valence-electron chi connectivity index (χ2n) is 7.53. The van der Waals surface area contributed by atoms with Crippen LogP contribution >= 0.6 is 0 Å². The zero-order chi connectivity index (χ0) is 21.0. The van der Waals surface area contributed by atoms with Crippen LogP contribution in [0.3, 0.4) is 0 Å². The summed E-state index contributed by atoms with van der Waals surface area (Å²) < 4.78 is 10.8. The summed E-state index contributed by atoms with van der Waals surface area (Å²) in [6, 6.07) is 9.28. The van der Waals surface area contributed by atoms with Gasteiger partial charge in [0.15, 0.2) is 5.78 Å². The molecule has 0 heterocycles.